The second-order valence-electron chi connectivity index (χ2n) is 6.41. The molecule has 0 radical (unpaired) electrons. The summed E-state index contributed by atoms with van der Waals surface area (Å²) in [6.07, 6.45) is 0. The molecule has 0 aliphatic heterocycles. The summed E-state index contributed by atoms with van der Waals surface area (Å²) < 4.78 is -0.161. The van der Waals surface area contributed by atoms with E-state index in [4.69, 9.17) is 0 Å². The molecule has 0 spiro atoms. The number of rotatable bonds is 4. The molecule has 0 amide bonds. The van der Waals surface area contributed by atoms with Gasteiger partial charge in [0.2, 0.25) is 0 Å². The molecule has 0 saturated heterocycles. The van der Waals surface area contributed by atoms with Crippen molar-refractivity contribution >= 4 is 22.1 Å². The SMILES string of the molecule is C=C(C(=O)O)C(C)([Si](C)(C)C)[Si](C)(C)C. The lowest BCUT2D eigenvalue weighted by Crippen LogP contribution is -2.54. The van der Waals surface area contributed by atoms with Gasteiger partial charge in [-0.05, 0) is 4.66 Å². The summed E-state index contributed by atoms with van der Waals surface area (Å²) in [6, 6.07) is 0. The van der Waals surface area contributed by atoms with Gasteiger partial charge < -0.3 is 5.11 Å². The van der Waals surface area contributed by atoms with Crippen LogP contribution in [0.25, 0.3) is 0 Å². The Morgan fingerprint density at radius 3 is 1.40 bits per heavy atom. The van der Waals surface area contributed by atoms with Crippen LogP contribution in [0.4, 0.5) is 0 Å². The van der Waals surface area contributed by atoms with Crippen molar-refractivity contribution in [2.24, 2.45) is 0 Å². The lowest BCUT2D eigenvalue weighted by molar-refractivity contribution is -0.132. The van der Waals surface area contributed by atoms with Crippen LogP contribution in [0.3, 0.4) is 0 Å². The van der Waals surface area contributed by atoms with Crippen LogP contribution < -0.4 is 0 Å². The molecule has 0 unspecified atom stereocenters. The van der Waals surface area contributed by atoms with Gasteiger partial charge in [0.05, 0.1) is 16.1 Å². The van der Waals surface area contributed by atoms with Gasteiger partial charge >= 0.3 is 5.97 Å². The van der Waals surface area contributed by atoms with Crippen molar-refractivity contribution in [3.63, 3.8) is 0 Å². The van der Waals surface area contributed by atoms with Gasteiger partial charge in [0.1, 0.15) is 0 Å². The Balaban J connectivity index is 5.64. The summed E-state index contributed by atoms with van der Waals surface area (Å²) in [5.41, 5.74) is 0.417. The third kappa shape index (κ3) is 2.42. The van der Waals surface area contributed by atoms with Crippen LogP contribution in [0.2, 0.25) is 43.9 Å². The molecule has 1 N–H and O–H groups in total. The quantitative estimate of drug-likeness (QED) is 0.606. The molecule has 2 nitrogen and oxygen atoms in total. The van der Waals surface area contributed by atoms with Crippen LogP contribution in [-0.4, -0.2) is 27.2 Å². The van der Waals surface area contributed by atoms with Crippen LogP contribution in [0.5, 0.6) is 0 Å². The zero-order valence-corrected chi connectivity index (χ0v) is 13.1. The number of carboxylic acid groups (broad SMARTS) is 1. The molecule has 0 bridgehead atoms. The number of carbonyl (C=O) groups is 1. The van der Waals surface area contributed by atoms with Crippen LogP contribution in [0.15, 0.2) is 12.2 Å². The van der Waals surface area contributed by atoms with E-state index in [0.29, 0.717) is 5.57 Å². The minimum Gasteiger partial charge on any atom is -0.478 e. The second-order valence-corrected chi connectivity index (χ2v) is 17.9. The van der Waals surface area contributed by atoms with Crippen molar-refractivity contribution < 1.29 is 9.90 Å². The second kappa shape index (κ2) is 3.90. The standard InChI is InChI=1S/C11H24O2Si2/c1-9(10(12)13)11(2,14(3,4)5)15(6,7)8/h1H2,2-8H3,(H,12,13). The Kier molecular flexibility index (Phi) is 3.81. The predicted molar refractivity (Wildman–Crippen MR) is 71.8 cm³/mol. The van der Waals surface area contributed by atoms with E-state index in [-0.39, 0.29) is 4.66 Å². The average molecular weight is 244 g/mol. The average Bonchev–Trinajstić information content (AvgIpc) is 1.96. The molecule has 0 aliphatic rings. The van der Waals surface area contributed by atoms with Crippen molar-refractivity contribution in [2.75, 3.05) is 0 Å². The van der Waals surface area contributed by atoms with E-state index < -0.39 is 22.1 Å². The van der Waals surface area contributed by atoms with Gasteiger partial charge in [-0.15, -0.1) is 0 Å². The molecule has 4 heteroatoms. The lowest BCUT2D eigenvalue weighted by Gasteiger charge is -2.49. The summed E-state index contributed by atoms with van der Waals surface area (Å²) in [5, 5.41) is 9.19. The van der Waals surface area contributed by atoms with Gasteiger partial charge in [-0.25, -0.2) is 4.79 Å². The number of hydrogen-bond acceptors (Lipinski definition) is 1. The third-order valence-electron chi connectivity index (χ3n) is 3.86. The first kappa shape index (κ1) is 14.6. The summed E-state index contributed by atoms with van der Waals surface area (Å²) in [5.74, 6) is -0.831. The van der Waals surface area contributed by atoms with Crippen LogP contribution in [0, 0.1) is 0 Å². The Bertz CT molecular complexity index is 268. The fourth-order valence-electron chi connectivity index (χ4n) is 2.24. The molecule has 15 heavy (non-hydrogen) atoms. The lowest BCUT2D eigenvalue weighted by atomic mass is 10.2. The van der Waals surface area contributed by atoms with E-state index in [2.05, 4.69) is 52.8 Å². The Hall–Kier alpha value is -0.356. The van der Waals surface area contributed by atoms with Gasteiger partial charge in [-0.2, -0.15) is 0 Å². The minimum atomic E-state index is -1.59. The summed E-state index contributed by atoms with van der Waals surface area (Å²) in [7, 11) is -3.18. The molecular formula is C11H24O2Si2. The molecule has 0 heterocycles. The monoisotopic (exact) mass is 244 g/mol. The maximum absolute atomic E-state index is 11.2. The van der Waals surface area contributed by atoms with Gasteiger partial charge in [0, 0.05) is 5.57 Å². The molecule has 0 aliphatic carbocycles. The van der Waals surface area contributed by atoms with Gasteiger partial charge in [-0.1, -0.05) is 52.8 Å². The van der Waals surface area contributed by atoms with Crippen LogP contribution >= 0.6 is 0 Å². The highest BCUT2D eigenvalue weighted by Crippen LogP contribution is 2.51. The Labute approximate surface area is 95.4 Å². The fraction of sp³-hybridized carbons (Fsp3) is 0.727. The van der Waals surface area contributed by atoms with Crippen LogP contribution in [-0.2, 0) is 4.79 Å². The molecule has 88 valence electrons. The fourth-order valence-corrected chi connectivity index (χ4v) is 13.3. The number of aliphatic carboxylic acids is 1. The molecule has 0 aromatic rings. The van der Waals surface area contributed by atoms with Crippen molar-refractivity contribution in [1.29, 1.82) is 0 Å². The Morgan fingerprint density at radius 1 is 1.07 bits per heavy atom. The van der Waals surface area contributed by atoms with Crippen molar-refractivity contribution in [3.05, 3.63) is 12.2 Å². The summed E-state index contributed by atoms with van der Waals surface area (Å²) in [6.45, 7) is 19.4. The summed E-state index contributed by atoms with van der Waals surface area (Å²) >= 11 is 0. The first-order valence-electron chi connectivity index (χ1n) is 5.28. The molecule has 0 rings (SSSR count). The van der Waals surface area contributed by atoms with E-state index in [9.17, 15) is 9.90 Å². The molecule has 0 aromatic carbocycles. The number of hydrogen-bond donors (Lipinski definition) is 1. The first-order chi connectivity index (χ1) is 6.35. The topological polar surface area (TPSA) is 37.3 Å². The zero-order chi connectivity index (χ0) is 12.7. The van der Waals surface area contributed by atoms with Crippen molar-refractivity contribution in [1.82, 2.24) is 0 Å². The van der Waals surface area contributed by atoms with Crippen molar-refractivity contribution in [3.8, 4) is 0 Å². The smallest absolute Gasteiger partial charge is 0.330 e. The third-order valence-corrected chi connectivity index (χ3v) is 15.0. The van der Waals surface area contributed by atoms with Gasteiger partial charge in [-0.3, -0.25) is 0 Å². The van der Waals surface area contributed by atoms with Gasteiger partial charge in [0.25, 0.3) is 0 Å². The van der Waals surface area contributed by atoms with E-state index in [1.165, 1.54) is 0 Å². The van der Waals surface area contributed by atoms with Crippen LogP contribution in [0.1, 0.15) is 6.92 Å². The van der Waals surface area contributed by atoms with E-state index in [1.807, 2.05) is 0 Å². The maximum atomic E-state index is 11.2. The molecule has 0 atom stereocenters. The highest BCUT2D eigenvalue weighted by Gasteiger charge is 2.52. The molecular weight excluding hydrogens is 220 g/mol. The normalized spacial score (nSPS) is 13.8. The Morgan fingerprint density at radius 2 is 1.33 bits per heavy atom. The molecule has 0 aromatic heterocycles. The summed E-state index contributed by atoms with van der Waals surface area (Å²) in [4.78, 5) is 11.2. The van der Waals surface area contributed by atoms with E-state index >= 15 is 0 Å². The zero-order valence-electron chi connectivity index (χ0n) is 11.1. The highest BCUT2D eigenvalue weighted by molar-refractivity contribution is 7.00. The maximum Gasteiger partial charge on any atom is 0.330 e. The van der Waals surface area contributed by atoms with E-state index in [0.717, 1.165) is 0 Å². The van der Waals surface area contributed by atoms with Gasteiger partial charge in [0.15, 0.2) is 0 Å². The molecule has 0 fully saturated rings. The predicted octanol–water partition coefficient (Wildman–Crippen LogP) is 3.60. The molecule has 0 saturated carbocycles. The van der Waals surface area contributed by atoms with Crippen molar-refractivity contribution in [2.45, 2.75) is 50.9 Å². The highest BCUT2D eigenvalue weighted by atomic mass is 28.4. The number of carboxylic acids is 1. The van der Waals surface area contributed by atoms with E-state index in [1.54, 1.807) is 0 Å². The largest absolute Gasteiger partial charge is 0.478 e. The first-order valence-corrected chi connectivity index (χ1v) is 12.3. The minimum absolute atomic E-state index is 0.161.